The van der Waals surface area contributed by atoms with E-state index in [1.54, 1.807) is 0 Å². The minimum Gasteiger partial charge on any atom is -0.481 e. The van der Waals surface area contributed by atoms with Crippen molar-refractivity contribution in [2.24, 2.45) is 0 Å². The molecule has 1 saturated heterocycles. The van der Waals surface area contributed by atoms with Gasteiger partial charge in [0.2, 0.25) is 10.0 Å². The molecule has 0 aliphatic carbocycles. The molecule has 0 saturated carbocycles. The summed E-state index contributed by atoms with van der Waals surface area (Å²) in [5, 5.41) is 9.09. The van der Waals surface area contributed by atoms with Gasteiger partial charge in [0.05, 0.1) is 18.7 Å². The Labute approximate surface area is 125 Å². The van der Waals surface area contributed by atoms with Crippen molar-refractivity contribution in [3.05, 3.63) is 30.3 Å². The Morgan fingerprint density at radius 1 is 1.29 bits per heavy atom. The van der Waals surface area contributed by atoms with E-state index < -0.39 is 16.0 Å². The van der Waals surface area contributed by atoms with Crippen molar-refractivity contribution in [2.45, 2.75) is 25.4 Å². The van der Waals surface area contributed by atoms with E-state index in [4.69, 9.17) is 5.11 Å². The molecule has 1 fully saturated rings. The van der Waals surface area contributed by atoms with Crippen LogP contribution in [0.5, 0.6) is 0 Å². The molecule has 0 spiro atoms. The fraction of sp³-hybridized carbons (Fsp3) is 0.500. The number of hydrogen-bond donors (Lipinski definition) is 1. The lowest BCUT2D eigenvalue weighted by atomic mass is 10.1. The third kappa shape index (κ3) is 3.74. The first-order valence-corrected chi connectivity index (χ1v) is 8.64. The fourth-order valence-corrected chi connectivity index (χ4v) is 3.95. The lowest BCUT2D eigenvalue weighted by Gasteiger charge is -2.45. The van der Waals surface area contributed by atoms with Crippen LogP contribution < -0.4 is 4.90 Å². The number of piperazine rings is 1. The highest BCUT2D eigenvalue weighted by molar-refractivity contribution is 7.88. The smallest absolute Gasteiger partial charge is 0.305 e. The van der Waals surface area contributed by atoms with E-state index in [0.717, 1.165) is 5.69 Å². The quantitative estimate of drug-likeness (QED) is 0.897. The second-order valence-electron chi connectivity index (χ2n) is 5.42. The maximum absolute atomic E-state index is 11.8. The SMILES string of the molecule is C[C@H]1CN(c2ccccc2)[C@H](CC(=O)O)CN1S(C)(=O)=O. The molecule has 0 aromatic heterocycles. The number of rotatable bonds is 4. The average molecular weight is 312 g/mol. The van der Waals surface area contributed by atoms with Crippen LogP contribution in [0.25, 0.3) is 0 Å². The second kappa shape index (κ2) is 6.03. The zero-order valence-corrected chi connectivity index (χ0v) is 13.0. The van der Waals surface area contributed by atoms with Gasteiger partial charge in [0.1, 0.15) is 0 Å². The Kier molecular flexibility index (Phi) is 4.53. The number of hydrogen-bond acceptors (Lipinski definition) is 4. The van der Waals surface area contributed by atoms with Gasteiger partial charge in [-0.05, 0) is 19.1 Å². The van der Waals surface area contributed by atoms with Gasteiger partial charge in [-0.25, -0.2) is 8.42 Å². The molecule has 1 aliphatic heterocycles. The standard InChI is InChI=1S/C14H20N2O4S/c1-11-9-15(12-6-4-3-5-7-12)13(8-14(17)18)10-16(11)21(2,19)20/h3-7,11,13H,8-10H2,1-2H3,(H,17,18)/t11-,13+/m0/s1. The first-order chi connectivity index (χ1) is 9.79. The maximum atomic E-state index is 11.8. The van der Waals surface area contributed by atoms with Gasteiger partial charge in [-0.2, -0.15) is 4.31 Å². The third-order valence-corrected chi connectivity index (χ3v) is 5.07. The maximum Gasteiger partial charge on any atom is 0.305 e. The minimum atomic E-state index is -3.34. The minimum absolute atomic E-state index is 0.0896. The number of aliphatic carboxylic acids is 1. The summed E-state index contributed by atoms with van der Waals surface area (Å²) in [7, 11) is -3.34. The van der Waals surface area contributed by atoms with Crippen LogP contribution in [0.1, 0.15) is 13.3 Å². The molecule has 2 atom stereocenters. The van der Waals surface area contributed by atoms with Crippen molar-refractivity contribution in [1.29, 1.82) is 0 Å². The highest BCUT2D eigenvalue weighted by Gasteiger charge is 2.37. The Morgan fingerprint density at radius 2 is 1.90 bits per heavy atom. The molecule has 1 aliphatic rings. The summed E-state index contributed by atoms with van der Waals surface area (Å²) in [5.41, 5.74) is 0.920. The number of anilines is 1. The summed E-state index contributed by atoms with van der Waals surface area (Å²) in [6.45, 7) is 2.52. The zero-order chi connectivity index (χ0) is 15.6. The van der Waals surface area contributed by atoms with E-state index in [0.29, 0.717) is 6.54 Å². The molecule has 0 amide bonds. The van der Waals surface area contributed by atoms with Crippen LogP contribution in [0.15, 0.2) is 30.3 Å². The first kappa shape index (κ1) is 15.8. The Morgan fingerprint density at radius 3 is 2.43 bits per heavy atom. The van der Waals surface area contributed by atoms with Crippen LogP contribution in [-0.2, 0) is 14.8 Å². The van der Waals surface area contributed by atoms with Crippen LogP contribution in [0.4, 0.5) is 5.69 Å². The van der Waals surface area contributed by atoms with Crippen molar-refractivity contribution < 1.29 is 18.3 Å². The van der Waals surface area contributed by atoms with Gasteiger partial charge in [-0.1, -0.05) is 18.2 Å². The molecule has 2 rings (SSSR count). The summed E-state index contributed by atoms with van der Waals surface area (Å²) >= 11 is 0. The van der Waals surface area contributed by atoms with Crippen LogP contribution in [0, 0.1) is 0 Å². The number of benzene rings is 1. The Hall–Kier alpha value is -1.60. The number of nitrogens with zero attached hydrogens (tertiary/aromatic N) is 2. The normalized spacial score (nSPS) is 24.0. The number of sulfonamides is 1. The number of carboxylic acids is 1. The van der Waals surface area contributed by atoms with E-state index >= 15 is 0 Å². The van der Waals surface area contributed by atoms with Gasteiger partial charge in [0, 0.05) is 24.8 Å². The average Bonchev–Trinajstić information content (AvgIpc) is 2.39. The zero-order valence-electron chi connectivity index (χ0n) is 12.1. The molecule has 0 radical (unpaired) electrons. The molecule has 21 heavy (non-hydrogen) atoms. The molecule has 7 heteroatoms. The predicted octanol–water partition coefficient (Wildman–Crippen LogP) is 1.00. The molecular weight excluding hydrogens is 292 g/mol. The van der Waals surface area contributed by atoms with Gasteiger partial charge in [-0.15, -0.1) is 0 Å². The van der Waals surface area contributed by atoms with Crippen molar-refractivity contribution in [3.8, 4) is 0 Å². The summed E-state index contributed by atoms with van der Waals surface area (Å²) in [5.74, 6) is -0.927. The molecule has 6 nitrogen and oxygen atoms in total. The van der Waals surface area contributed by atoms with E-state index in [1.807, 2.05) is 42.2 Å². The molecule has 1 N–H and O–H groups in total. The van der Waals surface area contributed by atoms with Crippen molar-refractivity contribution in [1.82, 2.24) is 4.31 Å². The van der Waals surface area contributed by atoms with Gasteiger partial charge in [-0.3, -0.25) is 4.79 Å². The van der Waals surface area contributed by atoms with Crippen LogP contribution in [0.3, 0.4) is 0 Å². The topological polar surface area (TPSA) is 77.9 Å². The summed E-state index contributed by atoms with van der Waals surface area (Å²) in [6, 6.07) is 8.95. The van der Waals surface area contributed by atoms with Gasteiger partial charge in [0.15, 0.2) is 0 Å². The number of carboxylic acid groups (broad SMARTS) is 1. The lowest BCUT2D eigenvalue weighted by Crippen LogP contribution is -2.59. The third-order valence-electron chi connectivity index (χ3n) is 3.71. The van der Waals surface area contributed by atoms with Crippen molar-refractivity contribution >= 4 is 21.7 Å². The summed E-state index contributed by atoms with van der Waals surface area (Å²) in [4.78, 5) is 13.1. The van der Waals surface area contributed by atoms with Crippen LogP contribution in [0.2, 0.25) is 0 Å². The largest absolute Gasteiger partial charge is 0.481 e. The Bertz CT molecular complexity index is 603. The number of carbonyl (C=O) groups is 1. The molecule has 1 heterocycles. The monoisotopic (exact) mass is 312 g/mol. The van der Waals surface area contributed by atoms with Crippen LogP contribution >= 0.6 is 0 Å². The van der Waals surface area contributed by atoms with Gasteiger partial charge in [0.25, 0.3) is 0 Å². The molecule has 116 valence electrons. The molecular formula is C14H20N2O4S. The van der Waals surface area contributed by atoms with Crippen molar-refractivity contribution in [2.75, 3.05) is 24.2 Å². The summed E-state index contributed by atoms with van der Waals surface area (Å²) < 4.78 is 25.1. The molecule has 1 aromatic rings. The highest BCUT2D eigenvalue weighted by atomic mass is 32.2. The second-order valence-corrected chi connectivity index (χ2v) is 7.36. The summed E-state index contributed by atoms with van der Waals surface area (Å²) in [6.07, 6.45) is 1.08. The lowest BCUT2D eigenvalue weighted by molar-refractivity contribution is -0.137. The fourth-order valence-electron chi connectivity index (χ4n) is 2.79. The van der Waals surface area contributed by atoms with Gasteiger partial charge >= 0.3 is 5.97 Å². The first-order valence-electron chi connectivity index (χ1n) is 6.79. The van der Waals surface area contributed by atoms with E-state index in [9.17, 15) is 13.2 Å². The van der Waals surface area contributed by atoms with E-state index in [2.05, 4.69) is 0 Å². The van der Waals surface area contributed by atoms with Crippen LogP contribution in [-0.4, -0.2) is 55.2 Å². The Balaban J connectivity index is 2.30. The molecule has 1 aromatic carbocycles. The van der Waals surface area contributed by atoms with Crippen molar-refractivity contribution in [3.63, 3.8) is 0 Å². The highest BCUT2D eigenvalue weighted by Crippen LogP contribution is 2.26. The predicted molar refractivity (Wildman–Crippen MR) is 80.8 cm³/mol. The van der Waals surface area contributed by atoms with E-state index in [-0.39, 0.29) is 25.0 Å². The van der Waals surface area contributed by atoms with Gasteiger partial charge < -0.3 is 10.0 Å². The number of para-hydroxylation sites is 1. The molecule has 0 unspecified atom stereocenters. The van der Waals surface area contributed by atoms with E-state index in [1.165, 1.54) is 10.6 Å². The molecule has 0 bridgehead atoms.